The van der Waals surface area contributed by atoms with Crippen molar-refractivity contribution in [3.8, 4) is 5.75 Å². The summed E-state index contributed by atoms with van der Waals surface area (Å²) in [6.07, 6.45) is 3.76. The van der Waals surface area contributed by atoms with Gasteiger partial charge in [-0.05, 0) is 24.1 Å². The number of aromatic nitrogens is 1. The van der Waals surface area contributed by atoms with E-state index in [4.69, 9.17) is 10.5 Å². The molecule has 0 saturated carbocycles. The molecule has 0 saturated heterocycles. The van der Waals surface area contributed by atoms with E-state index in [1.54, 1.807) is 18.4 Å². The number of nitrogens with two attached hydrogens (primary N) is 1. The molecule has 1 aromatic carbocycles. The van der Waals surface area contributed by atoms with Crippen LogP contribution in [0.2, 0.25) is 0 Å². The molecule has 2 N–H and O–H groups in total. The highest BCUT2D eigenvalue weighted by molar-refractivity contribution is 7.09. The smallest absolute Gasteiger partial charge is 0.141 e. The van der Waals surface area contributed by atoms with Crippen LogP contribution in [-0.2, 0) is 12.8 Å². The third-order valence-corrected chi connectivity index (χ3v) is 3.24. The third kappa shape index (κ3) is 2.52. The van der Waals surface area contributed by atoms with E-state index >= 15 is 0 Å². The van der Waals surface area contributed by atoms with Crippen molar-refractivity contribution < 1.29 is 4.74 Å². The van der Waals surface area contributed by atoms with Gasteiger partial charge in [-0.15, -0.1) is 11.3 Å². The van der Waals surface area contributed by atoms with Crippen molar-refractivity contribution in [1.82, 2.24) is 4.98 Å². The molecule has 0 bridgehead atoms. The van der Waals surface area contributed by atoms with Crippen molar-refractivity contribution in [2.45, 2.75) is 12.8 Å². The standard InChI is InChI=1S/C12H14N2OS/c1-15-11-4-2-9(8-10(11)13)3-5-12-14-6-7-16-12/h2,4,6-8H,3,5,13H2,1H3. The number of nitrogens with zero attached hydrogens (tertiary/aromatic N) is 1. The van der Waals surface area contributed by atoms with Crippen LogP contribution in [-0.4, -0.2) is 12.1 Å². The van der Waals surface area contributed by atoms with Crippen LogP contribution in [0.5, 0.6) is 5.75 Å². The Kier molecular flexibility index (Phi) is 3.41. The van der Waals surface area contributed by atoms with Crippen LogP contribution in [0.4, 0.5) is 5.69 Å². The number of ether oxygens (including phenoxy) is 1. The summed E-state index contributed by atoms with van der Waals surface area (Å²) in [4.78, 5) is 4.25. The third-order valence-electron chi connectivity index (χ3n) is 2.41. The molecule has 3 nitrogen and oxygen atoms in total. The minimum absolute atomic E-state index is 0.694. The minimum atomic E-state index is 0.694. The van der Waals surface area contributed by atoms with Crippen LogP contribution in [0.1, 0.15) is 10.6 Å². The number of nitrogen functional groups attached to an aromatic ring is 1. The summed E-state index contributed by atoms with van der Waals surface area (Å²) in [6, 6.07) is 5.92. The first-order valence-corrected chi connectivity index (χ1v) is 5.98. The molecule has 0 unspecified atom stereocenters. The molecule has 0 fully saturated rings. The number of thiazole rings is 1. The van der Waals surface area contributed by atoms with Crippen LogP contribution in [0, 0.1) is 0 Å². The van der Waals surface area contributed by atoms with Crippen molar-refractivity contribution >= 4 is 17.0 Å². The highest BCUT2D eigenvalue weighted by atomic mass is 32.1. The SMILES string of the molecule is COc1ccc(CCc2nccs2)cc1N. The summed E-state index contributed by atoms with van der Waals surface area (Å²) in [7, 11) is 1.63. The lowest BCUT2D eigenvalue weighted by molar-refractivity contribution is 0.417. The van der Waals surface area contributed by atoms with Crippen LogP contribution < -0.4 is 10.5 Å². The van der Waals surface area contributed by atoms with E-state index in [0.717, 1.165) is 23.6 Å². The quantitative estimate of drug-likeness (QED) is 0.827. The van der Waals surface area contributed by atoms with Gasteiger partial charge in [0.25, 0.3) is 0 Å². The first-order chi connectivity index (χ1) is 7.79. The zero-order valence-corrected chi connectivity index (χ0v) is 9.96. The van der Waals surface area contributed by atoms with E-state index in [-0.39, 0.29) is 0 Å². The van der Waals surface area contributed by atoms with E-state index in [1.807, 2.05) is 29.8 Å². The fourth-order valence-electron chi connectivity index (χ4n) is 1.57. The first-order valence-electron chi connectivity index (χ1n) is 5.10. The molecule has 1 aromatic heterocycles. The topological polar surface area (TPSA) is 48.1 Å². The number of hydrogen-bond donors (Lipinski definition) is 1. The molecular formula is C12H14N2OS. The van der Waals surface area contributed by atoms with Gasteiger partial charge in [-0.2, -0.15) is 0 Å². The van der Waals surface area contributed by atoms with Crippen molar-refractivity contribution in [1.29, 1.82) is 0 Å². The molecule has 0 aliphatic rings. The maximum atomic E-state index is 5.84. The maximum absolute atomic E-state index is 5.84. The molecule has 0 aliphatic carbocycles. The van der Waals surface area contributed by atoms with Crippen molar-refractivity contribution in [2.24, 2.45) is 0 Å². The number of hydrogen-bond acceptors (Lipinski definition) is 4. The molecule has 0 atom stereocenters. The number of methoxy groups -OCH3 is 1. The Morgan fingerprint density at radius 1 is 1.38 bits per heavy atom. The van der Waals surface area contributed by atoms with E-state index in [1.165, 1.54) is 5.56 Å². The number of aryl methyl sites for hydroxylation is 2. The summed E-state index contributed by atoms with van der Waals surface area (Å²) in [6.45, 7) is 0. The van der Waals surface area contributed by atoms with E-state index in [9.17, 15) is 0 Å². The van der Waals surface area contributed by atoms with E-state index in [2.05, 4.69) is 4.98 Å². The molecule has 0 aliphatic heterocycles. The predicted octanol–water partition coefficient (Wildman–Crippen LogP) is 2.52. The highest BCUT2D eigenvalue weighted by Crippen LogP contribution is 2.22. The van der Waals surface area contributed by atoms with E-state index < -0.39 is 0 Å². The molecule has 0 amide bonds. The van der Waals surface area contributed by atoms with Gasteiger partial charge in [-0.3, -0.25) is 0 Å². The van der Waals surface area contributed by atoms with Crippen LogP contribution in [0.3, 0.4) is 0 Å². The molecule has 0 radical (unpaired) electrons. The molecule has 0 spiro atoms. The zero-order valence-electron chi connectivity index (χ0n) is 9.14. The molecule has 84 valence electrons. The lowest BCUT2D eigenvalue weighted by atomic mass is 10.1. The van der Waals surface area contributed by atoms with Gasteiger partial charge in [0.2, 0.25) is 0 Å². The van der Waals surface area contributed by atoms with Gasteiger partial charge >= 0.3 is 0 Å². The van der Waals surface area contributed by atoms with Crippen LogP contribution in [0.15, 0.2) is 29.8 Å². The fraction of sp³-hybridized carbons (Fsp3) is 0.250. The summed E-state index contributed by atoms with van der Waals surface area (Å²) in [5.74, 6) is 0.734. The van der Waals surface area contributed by atoms with Crippen LogP contribution in [0.25, 0.3) is 0 Å². The Morgan fingerprint density at radius 2 is 2.25 bits per heavy atom. The molecule has 16 heavy (non-hydrogen) atoms. The molecule has 2 rings (SSSR count). The van der Waals surface area contributed by atoms with Gasteiger partial charge in [0, 0.05) is 18.0 Å². The predicted molar refractivity (Wildman–Crippen MR) is 66.9 cm³/mol. The Bertz CT molecular complexity index is 454. The number of benzene rings is 1. The normalized spacial score (nSPS) is 10.3. The van der Waals surface area contributed by atoms with Gasteiger partial charge in [-0.1, -0.05) is 6.07 Å². The largest absolute Gasteiger partial charge is 0.495 e. The second kappa shape index (κ2) is 4.99. The molecule has 1 heterocycles. The highest BCUT2D eigenvalue weighted by Gasteiger charge is 2.02. The molecule has 2 aromatic rings. The minimum Gasteiger partial charge on any atom is -0.495 e. The Labute approximate surface area is 98.9 Å². The first kappa shape index (κ1) is 11.0. The van der Waals surface area contributed by atoms with Crippen LogP contribution >= 0.6 is 11.3 Å². The molecular weight excluding hydrogens is 220 g/mol. The second-order valence-corrected chi connectivity index (χ2v) is 4.48. The fourth-order valence-corrected chi connectivity index (χ4v) is 2.19. The average molecular weight is 234 g/mol. The summed E-state index contributed by atoms with van der Waals surface area (Å²) < 4.78 is 5.12. The number of anilines is 1. The van der Waals surface area contributed by atoms with Gasteiger partial charge in [0.1, 0.15) is 5.75 Å². The maximum Gasteiger partial charge on any atom is 0.141 e. The Balaban J connectivity index is 2.02. The van der Waals surface area contributed by atoms with Gasteiger partial charge in [0.15, 0.2) is 0 Å². The summed E-state index contributed by atoms with van der Waals surface area (Å²) in [5, 5.41) is 3.16. The average Bonchev–Trinajstić information content (AvgIpc) is 2.79. The second-order valence-electron chi connectivity index (χ2n) is 3.50. The van der Waals surface area contributed by atoms with Crippen molar-refractivity contribution in [3.05, 3.63) is 40.3 Å². The van der Waals surface area contributed by atoms with Crippen molar-refractivity contribution in [3.63, 3.8) is 0 Å². The van der Waals surface area contributed by atoms with Crippen molar-refractivity contribution in [2.75, 3.05) is 12.8 Å². The van der Waals surface area contributed by atoms with Gasteiger partial charge in [-0.25, -0.2) is 4.98 Å². The Hall–Kier alpha value is -1.55. The van der Waals surface area contributed by atoms with Gasteiger partial charge < -0.3 is 10.5 Å². The van der Waals surface area contributed by atoms with E-state index in [0.29, 0.717) is 5.69 Å². The lowest BCUT2D eigenvalue weighted by Gasteiger charge is -2.06. The monoisotopic (exact) mass is 234 g/mol. The zero-order chi connectivity index (χ0) is 11.4. The Morgan fingerprint density at radius 3 is 2.88 bits per heavy atom. The molecule has 4 heteroatoms. The summed E-state index contributed by atoms with van der Waals surface area (Å²) >= 11 is 1.69. The number of rotatable bonds is 4. The van der Waals surface area contributed by atoms with Gasteiger partial charge in [0.05, 0.1) is 17.8 Å². The summed E-state index contributed by atoms with van der Waals surface area (Å²) in [5.41, 5.74) is 7.75. The lowest BCUT2D eigenvalue weighted by Crippen LogP contribution is -1.96.